The van der Waals surface area contributed by atoms with Crippen LogP contribution >= 0.6 is 15.9 Å². The van der Waals surface area contributed by atoms with Crippen LogP contribution in [-0.4, -0.2) is 29.2 Å². The van der Waals surface area contributed by atoms with E-state index in [1.54, 1.807) is 0 Å². The van der Waals surface area contributed by atoms with Crippen LogP contribution in [0, 0.1) is 0 Å². The molecule has 1 aromatic carbocycles. The molecule has 0 radical (unpaired) electrons. The molecule has 16 heavy (non-hydrogen) atoms. The summed E-state index contributed by atoms with van der Waals surface area (Å²) >= 11 is 3.45. The van der Waals surface area contributed by atoms with E-state index >= 15 is 0 Å². The van der Waals surface area contributed by atoms with Gasteiger partial charge in [0.1, 0.15) is 0 Å². The van der Waals surface area contributed by atoms with Crippen LogP contribution in [0.1, 0.15) is 31.4 Å². The van der Waals surface area contributed by atoms with Crippen molar-refractivity contribution in [2.24, 2.45) is 0 Å². The second-order valence-corrected chi connectivity index (χ2v) is 5.41. The number of halogens is 1. The highest BCUT2D eigenvalue weighted by Gasteiger charge is 2.21. The first kappa shape index (κ1) is 12.1. The third-order valence-electron chi connectivity index (χ3n) is 3.40. The Kier molecular flexibility index (Phi) is 4.00. The zero-order chi connectivity index (χ0) is 11.5. The second-order valence-electron chi connectivity index (χ2n) is 4.49. The first-order chi connectivity index (χ1) is 7.66. The average Bonchev–Trinajstić information content (AvgIpc) is 2.30. The lowest BCUT2D eigenvalue weighted by molar-refractivity contribution is 0.0645. The van der Waals surface area contributed by atoms with Crippen molar-refractivity contribution < 1.29 is 5.11 Å². The molecule has 1 saturated heterocycles. The van der Waals surface area contributed by atoms with E-state index in [1.165, 1.54) is 5.56 Å². The number of aliphatic hydroxyl groups excluding tert-OH is 1. The predicted molar refractivity (Wildman–Crippen MR) is 69.4 cm³/mol. The van der Waals surface area contributed by atoms with Crippen molar-refractivity contribution in [1.82, 2.24) is 4.90 Å². The van der Waals surface area contributed by atoms with E-state index in [1.807, 2.05) is 0 Å². The fourth-order valence-corrected chi connectivity index (χ4v) is 2.49. The average molecular weight is 284 g/mol. The lowest BCUT2D eigenvalue weighted by Crippen LogP contribution is -2.37. The molecule has 1 aromatic rings. The van der Waals surface area contributed by atoms with E-state index < -0.39 is 0 Å². The van der Waals surface area contributed by atoms with Crippen molar-refractivity contribution in [2.45, 2.75) is 31.9 Å². The summed E-state index contributed by atoms with van der Waals surface area (Å²) in [5, 5.41) is 9.48. The van der Waals surface area contributed by atoms with Gasteiger partial charge >= 0.3 is 0 Å². The van der Waals surface area contributed by atoms with Crippen LogP contribution < -0.4 is 0 Å². The molecule has 0 aromatic heterocycles. The molecule has 1 aliphatic rings. The van der Waals surface area contributed by atoms with Crippen LogP contribution in [0.3, 0.4) is 0 Å². The minimum atomic E-state index is -0.0895. The number of piperidine rings is 1. The molecular formula is C13H18BrNO. The lowest BCUT2D eigenvalue weighted by Gasteiger charge is -2.34. The van der Waals surface area contributed by atoms with Crippen LogP contribution in [-0.2, 0) is 0 Å². The quantitative estimate of drug-likeness (QED) is 0.902. The normalized spacial score (nSPS) is 20.9. The van der Waals surface area contributed by atoms with Gasteiger partial charge in [-0.3, -0.25) is 4.90 Å². The fourth-order valence-electron chi connectivity index (χ4n) is 2.23. The summed E-state index contributed by atoms with van der Waals surface area (Å²) < 4.78 is 1.12. The maximum atomic E-state index is 9.48. The minimum Gasteiger partial charge on any atom is -0.393 e. The Bertz CT molecular complexity index is 330. The van der Waals surface area contributed by atoms with E-state index in [4.69, 9.17) is 0 Å². The van der Waals surface area contributed by atoms with Crippen molar-refractivity contribution >= 4 is 15.9 Å². The van der Waals surface area contributed by atoms with Gasteiger partial charge in [0.2, 0.25) is 0 Å². The van der Waals surface area contributed by atoms with Gasteiger partial charge in [-0.2, -0.15) is 0 Å². The highest BCUT2D eigenvalue weighted by Crippen LogP contribution is 2.25. The van der Waals surface area contributed by atoms with Gasteiger partial charge in [0.05, 0.1) is 6.10 Å². The van der Waals surface area contributed by atoms with Gasteiger partial charge in [0.15, 0.2) is 0 Å². The third-order valence-corrected chi connectivity index (χ3v) is 3.93. The molecular weight excluding hydrogens is 266 g/mol. The summed E-state index contributed by atoms with van der Waals surface area (Å²) in [6.07, 6.45) is 1.72. The zero-order valence-electron chi connectivity index (χ0n) is 9.56. The molecule has 0 aliphatic carbocycles. The lowest BCUT2D eigenvalue weighted by atomic mass is 10.0. The first-order valence-electron chi connectivity index (χ1n) is 5.84. The van der Waals surface area contributed by atoms with Gasteiger partial charge in [-0.15, -0.1) is 0 Å². The first-order valence-corrected chi connectivity index (χ1v) is 6.63. The molecule has 0 amide bonds. The van der Waals surface area contributed by atoms with Crippen LogP contribution in [0.25, 0.3) is 0 Å². The Labute approximate surface area is 105 Å². The number of hydrogen-bond donors (Lipinski definition) is 1. The summed E-state index contributed by atoms with van der Waals surface area (Å²) in [5.74, 6) is 0. The molecule has 1 fully saturated rings. The summed E-state index contributed by atoms with van der Waals surface area (Å²) in [4.78, 5) is 2.44. The molecule has 0 saturated carbocycles. The van der Waals surface area contributed by atoms with Gasteiger partial charge < -0.3 is 5.11 Å². The predicted octanol–water partition coefficient (Wildman–Crippen LogP) is 2.97. The van der Waals surface area contributed by atoms with E-state index in [0.717, 1.165) is 30.4 Å². The molecule has 2 nitrogen and oxygen atoms in total. The highest BCUT2D eigenvalue weighted by atomic mass is 79.9. The zero-order valence-corrected chi connectivity index (χ0v) is 11.2. The van der Waals surface area contributed by atoms with Crippen LogP contribution in [0.5, 0.6) is 0 Å². The molecule has 2 rings (SSSR count). The summed E-state index contributed by atoms with van der Waals surface area (Å²) in [6, 6.07) is 8.95. The van der Waals surface area contributed by atoms with Crippen LogP contribution in [0.4, 0.5) is 0 Å². The number of nitrogens with zero attached hydrogens (tertiary/aromatic N) is 1. The standard InChI is InChI=1S/C13H18BrNO/c1-10(11-2-4-12(14)5-3-11)15-8-6-13(16)7-9-15/h2-5,10,13,16H,6-9H2,1H3/t10-/m1/s1. The molecule has 0 unspecified atom stereocenters. The molecule has 1 N–H and O–H groups in total. The van der Waals surface area contributed by atoms with Crippen molar-refractivity contribution in [2.75, 3.05) is 13.1 Å². The van der Waals surface area contributed by atoms with E-state index in [-0.39, 0.29) is 6.10 Å². The van der Waals surface area contributed by atoms with Gasteiger partial charge in [-0.05, 0) is 37.5 Å². The summed E-state index contributed by atoms with van der Waals surface area (Å²) in [7, 11) is 0. The molecule has 1 atom stereocenters. The van der Waals surface area contributed by atoms with Gasteiger partial charge in [0, 0.05) is 23.6 Å². The Balaban J connectivity index is 2.01. The van der Waals surface area contributed by atoms with E-state index in [2.05, 4.69) is 52.0 Å². The van der Waals surface area contributed by atoms with Gasteiger partial charge in [0.25, 0.3) is 0 Å². The van der Waals surface area contributed by atoms with Crippen molar-refractivity contribution in [3.63, 3.8) is 0 Å². The maximum Gasteiger partial charge on any atom is 0.0564 e. The Morgan fingerprint density at radius 1 is 1.25 bits per heavy atom. The Morgan fingerprint density at radius 3 is 2.38 bits per heavy atom. The minimum absolute atomic E-state index is 0.0895. The molecule has 1 heterocycles. The Hall–Kier alpha value is -0.380. The number of aliphatic hydroxyl groups is 1. The van der Waals surface area contributed by atoms with Gasteiger partial charge in [-0.1, -0.05) is 28.1 Å². The van der Waals surface area contributed by atoms with Crippen molar-refractivity contribution in [3.8, 4) is 0 Å². The summed E-state index contributed by atoms with van der Waals surface area (Å²) in [6.45, 7) is 4.23. The molecule has 3 heteroatoms. The topological polar surface area (TPSA) is 23.5 Å². The summed E-state index contributed by atoms with van der Waals surface area (Å²) in [5.41, 5.74) is 1.35. The third kappa shape index (κ3) is 2.84. The van der Waals surface area contributed by atoms with E-state index in [0.29, 0.717) is 6.04 Å². The van der Waals surface area contributed by atoms with Crippen molar-refractivity contribution in [3.05, 3.63) is 34.3 Å². The van der Waals surface area contributed by atoms with Crippen molar-refractivity contribution in [1.29, 1.82) is 0 Å². The smallest absolute Gasteiger partial charge is 0.0564 e. The fraction of sp³-hybridized carbons (Fsp3) is 0.538. The molecule has 0 spiro atoms. The van der Waals surface area contributed by atoms with Crippen LogP contribution in [0.2, 0.25) is 0 Å². The molecule has 88 valence electrons. The molecule has 1 aliphatic heterocycles. The Morgan fingerprint density at radius 2 is 1.81 bits per heavy atom. The number of rotatable bonds is 2. The van der Waals surface area contributed by atoms with Gasteiger partial charge in [-0.25, -0.2) is 0 Å². The maximum absolute atomic E-state index is 9.48. The highest BCUT2D eigenvalue weighted by molar-refractivity contribution is 9.10. The second kappa shape index (κ2) is 5.30. The molecule has 0 bridgehead atoms. The number of likely N-dealkylation sites (tertiary alicyclic amines) is 1. The van der Waals surface area contributed by atoms with Crippen LogP contribution in [0.15, 0.2) is 28.7 Å². The largest absolute Gasteiger partial charge is 0.393 e. The monoisotopic (exact) mass is 283 g/mol. The number of benzene rings is 1. The van der Waals surface area contributed by atoms with E-state index in [9.17, 15) is 5.11 Å². The number of hydrogen-bond acceptors (Lipinski definition) is 2. The SMILES string of the molecule is C[C@H](c1ccc(Br)cc1)N1CCC(O)CC1.